The number of amides is 1. The van der Waals surface area contributed by atoms with Gasteiger partial charge in [0.2, 0.25) is 5.91 Å². The highest BCUT2D eigenvalue weighted by atomic mass is 32.1. The van der Waals surface area contributed by atoms with Crippen LogP contribution in [-0.2, 0) is 4.79 Å². The topological polar surface area (TPSA) is 57.3 Å². The summed E-state index contributed by atoms with van der Waals surface area (Å²) in [4.78, 5) is 19.0. The van der Waals surface area contributed by atoms with Crippen LogP contribution in [0.4, 0.5) is 5.13 Å². The maximum Gasteiger partial charge on any atom is 0.240 e. The smallest absolute Gasteiger partial charge is 0.240 e. The second-order valence-corrected chi connectivity index (χ2v) is 7.20. The van der Waals surface area contributed by atoms with E-state index in [0.29, 0.717) is 23.6 Å². The van der Waals surface area contributed by atoms with Gasteiger partial charge in [0.25, 0.3) is 0 Å². The Morgan fingerprint density at radius 2 is 2.32 bits per heavy atom. The molecule has 4 rings (SSSR count). The van der Waals surface area contributed by atoms with E-state index < -0.39 is 0 Å². The maximum atomic E-state index is 12.2. The highest BCUT2D eigenvalue weighted by Gasteiger charge is 2.33. The minimum atomic E-state index is 0.0449. The SMILES string of the molecule is O=C(CN1CCC2NCCC2C1)Nc1nc2ccccc2s1. The second kappa shape index (κ2) is 5.95. The van der Waals surface area contributed by atoms with Crippen molar-refractivity contribution in [2.75, 3.05) is 31.5 Å². The molecule has 116 valence electrons. The van der Waals surface area contributed by atoms with Crippen molar-refractivity contribution in [3.05, 3.63) is 24.3 Å². The van der Waals surface area contributed by atoms with E-state index in [4.69, 9.17) is 0 Å². The Morgan fingerprint density at radius 3 is 3.23 bits per heavy atom. The molecule has 22 heavy (non-hydrogen) atoms. The number of nitrogens with zero attached hydrogens (tertiary/aromatic N) is 2. The summed E-state index contributed by atoms with van der Waals surface area (Å²) in [5.41, 5.74) is 0.945. The molecule has 1 aromatic heterocycles. The largest absolute Gasteiger partial charge is 0.314 e. The van der Waals surface area contributed by atoms with E-state index in [1.54, 1.807) is 0 Å². The number of piperidine rings is 1. The molecule has 1 aromatic carbocycles. The number of nitrogens with one attached hydrogen (secondary N) is 2. The van der Waals surface area contributed by atoms with E-state index in [-0.39, 0.29) is 5.91 Å². The second-order valence-electron chi connectivity index (χ2n) is 6.17. The zero-order chi connectivity index (χ0) is 14.9. The van der Waals surface area contributed by atoms with E-state index in [9.17, 15) is 4.79 Å². The number of likely N-dealkylation sites (tertiary alicyclic amines) is 1. The zero-order valence-electron chi connectivity index (χ0n) is 12.4. The first kappa shape index (κ1) is 14.1. The normalized spacial score (nSPS) is 25.3. The Labute approximate surface area is 133 Å². The predicted molar refractivity (Wildman–Crippen MR) is 89.2 cm³/mol. The third kappa shape index (κ3) is 2.86. The first-order valence-corrected chi connectivity index (χ1v) is 8.71. The molecule has 5 nitrogen and oxygen atoms in total. The number of aromatic nitrogens is 1. The molecule has 0 aliphatic carbocycles. The van der Waals surface area contributed by atoms with Crippen molar-refractivity contribution in [1.82, 2.24) is 15.2 Å². The number of carbonyl (C=O) groups is 1. The number of rotatable bonds is 3. The highest BCUT2D eigenvalue weighted by Crippen LogP contribution is 2.26. The van der Waals surface area contributed by atoms with Gasteiger partial charge >= 0.3 is 0 Å². The lowest BCUT2D eigenvalue weighted by atomic mass is 9.93. The molecule has 1 amide bonds. The van der Waals surface area contributed by atoms with Crippen molar-refractivity contribution in [1.29, 1.82) is 0 Å². The van der Waals surface area contributed by atoms with Crippen LogP contribution in [0.5, 0.6) is 0 Å². The molecule has 2 saturated heterocycles. The molecule has 2 fully saturated rings. The highest BCUT2D eigenvalue weighted by molar-refractivity contribution is 7.22. The fraction of sp³-hybridized carbons (Fsp3) is 0.500. The Kier molecular flexibility index (Phi) is 3.82. The van der Waals surface area contributed by atoms with Crippen LogP contribution in [-0.4, -0.2) is 48.0 Å². The van der Waals surface area contributed by atoms with Crippen LogP contribution in [0.3, 0.4) is 0 Å². The monoisotopic (exact) mass is 316 g/mol. The van der Waals surface area contributed by atoms with Crippen LogP contribution in [0.2, 0.25) is 0 Å². The van der Waals surface area contributed by atoms with Gasteiger partial charge in [-0.1, -0.05) is 23.5 Å². The van der Waals surface area contributed by atoms with Crippen molar-refractivity contribution in [2.24, 2.45) is 5.92 Å². The summed E-state index contributed by atoms with van der Waals surface area (Å²) < 4.78 is 1.11. The van der Waals surface area contributed by atoms with Gasteiger partial charge in [0.05, 0.1) is 16.8 Å². The molecule has 0 bridgehead atoms. The number of hydrogen-bond acceptors (Lipinski definition) is 5. The molecule has 2 aliphatic rings. The molecule has 2 aliphatic heterocycles. The number of hydrogen-bond donors (Lipinski definition) is 2. The molecule has 0 radical (unpaired) electrons. The van der Waals surface area contributed by atoms with Gasteiger partial charge in [0, 0.05) is 19.1 Å². The van der Waals surface area contributed by atoms with Gasteiger partial charge in [-0.15, -0.1) is 0 Å². The van der Waals surface area contributed by atoms with Crippen molar-refractivity contribution < 1.29 is 4.79 Å². The fourth-order valence-electron chi connectivity index (χ4n) is 3.55. The summed E-state index contributed by atoms with van der Waals surface area (Å²) in [6.45, 7) is 3.63. The van der Waals surface area contributed by atoms with E-state index in [1.807, 2.05) is 24.3 Å². The molecule has 2 N–H and O–H groups in total. The molecule has 2 aromatic rings. The van der Waals surface area contributed by atoms with Crippen molar-refractivity contribution >= 4 is 32.6 Å². The third-order valence-electron chi connectivity index (χ3n) is 4.65. The molecular weight excluding hydrogens is 296 g/mol. The molecule has 2 atom stereocenters. The quantitative estimate of drug-likeness (QED) is 0.908. The van der Waals surface area contributed by atoms with Gasteiger partial charge in [-0.25, -0.2) is 4.98 Å². The lowest BCUT2D eigenvalue weighted by Gasteiger charge is -2.34. The van der Waals surface area contributed by atoms with Crippen LogP contribution < -0.4 is 10.6 Å². The Balaban J connectivity index is 1.36. The van der Waals surface area contributed by atoms with Crippen molar-refractivity contribution in [3.63, 3.8) is 0 Å². The van der Waals surface area contributed by atoms with Gasteiger partial charge in [-0.2, -0.15) is 0 Å². The Bertz CT molecular complexity index is 653. The fourth-order valence-corrected chi connectivity index (χ4v) is 4.44. The Morgan fingerprint density at radius 1 is 1.41 bits per heavy atom. The minimum absolute atomic E-state index is 0.0449. The summed E-state index contributed by atoms with van der Waals surface area (Å²) in [5, 5.41) is 7.20. The standard InChI is InChI=1S/C16H20N4OS/c21-15(10-20-8-6-12-11(9-20)5-7-17-12)19-16-18-13-3-1-2-4-14(13)22-16/h1-4,11-12,17H,5-10H2,(H,18,19,21). The summed E-state index contributed by atoms with van der Waals surface area (Å²) in [6, 6.07) is 8.63. The number of thiazole rings is 1. The first-order valence-electron chi connectivity index (χ1n) is 7.89. The van der Waals surface area contributed by atoms with Gasteiger partial charge in [0.1, 0.15) is 0 Å². The number of anilines is 1. The summed E-state index contributed by atoms with van der Waals surface area (Å²) in [5.74, 6) is 0.757. The van der Waals surface area contributed by atoms with Crippen molar-refractivity contribution in [3.8, 4) is 0 Å². The predicted octanol–water partition coefficient (Wildman–Crippen LogP) is 1.92. The summed E-state index contributed by atoms with van der Waals surface area (Å²) in [7, 11) is 0. The zero-order valence-corrected chi connectivity index (χ0v) is 13.2. The molecular formula is C16H20N4OS. The minimum Gasteiger partial charge on any atom is -0.314 e. The van der Waals surface area contributed by atoms with Crippen molar-refractivity contribution in [2.45, 2.75) is 18.9 Å². The van der Waals surface area contributed by atoms with E-state index in [2.05, 4.69) is 20.5 Å². The van der Waals surface area contributed by atoms with E-state index in [1.165, 1.54) is 17.8 Å². The maximum absolute atomic E-state index is 12.2. The van der Waals surface area contributed by atoms with Crippen LogP contribution in [0.25, 0.3) is 10.2 Å². The first-order chi connectivity index (χ1) is 10.8. The van der Waals surface area contributed by atoms with Gasteiger partial charge in [0.15, 0.2) is 5.13 Å². The average molecular weight is 316 g/mol. The average Bonchev–Trinajstić information content (AvgIpc) is 3.11. The van der Waals surface area contributed by atoms with E-state index in [0.717, 1.165) is 36.3 Å². The lowest BCUT2D eigenvalue weighted by molar-refractivity contribution is -0.117. The molecule has 6 heteroatoms. The van der Waals surface area contributed by atoms with Crippen LogP contribution in [0.1, 0.15) is 12.8 Å². The molecule has 2 unspecified atom stereocenters. The Hall–Kier alpha value is -1.50. The van der Waals surface area contributed by atoms with Gasteiger partial charge < -0.3 is 10.6 Å². The van der Waals surface area contributed by atoms with E-state index >= 15 is 0 Å². The van der Waals surface area contributed by atoms with Gasteiger partial charge in [-0.05, 0) is 37.4 Å². The molecule has 0 saturated carbocycles. The number of fused-ring (bicyclic) bond motifs is 2. The van der Waals surface area contributed by atoms with Gasteiger partial charge in [-0.3, -0.25) is 9.69 Å². The third-order valence-corrected chi connectivity index (χ3v) is 5.60. The van der Waals surface area contributed by atoms with Crippen LogP contribution >= 0.6 is 11.3 Å². The summed E-state index contributed by atoms with van der Waals surface area (Å²) >= 11 is 1.53. The number of benzene rings is 1. The van der Waals surface area contributed by atoms with Crippen LogP contribution in [0, 0.1) is 5.92 Å². The number of carbonyl (C=O) groups excluding carboxylic acids is 1. The summed E-state index contributed by atoms with van der Waals surface area (Å²) in [6.07, 6.45) is 2.39. The molecule has 3 heterocycles. The lowest BCUT2D eigenvalue weighted by Crippen LogP contribution is -2.46. The van der Waals surface area contributed by atoms with Crippen LogP contribution in [0.15, 0.2) is 24.3 Å². The number of para-hydroxylation sites is 1. The molecule has 0 spiro atoms.